The van der Waals surface area contributed by atoms with Crippen LogP contribution < -0.4 is 9.80 Å². The van der Waals surface area contributed by atoms with Crippen LogP contribution in [0.3, 0.4) is 0 Å². The number of nitrogens with zero attached hydrogens (tertiary/aromatic N) is 6. The molecule has 0 radical (unpaired) electrons. The number of amidine groups is 2. The summed E-state index contributed by atoms with van der Waals surface area (Å²) in [5.41, 5.74) is 17.4. The van der Waals surface area contributed by atoms with Crippen LogP contribution in [0, 0.1) is 0 Å². The normalized spacial score (nSPS) is 17.0. The second-order valence-corrected chi connectivity index (χ2v) is 15.2. The summed E-state index contributed by atoms with van der Waals surface area (Å²) in [5.74, 6) is 1.97. The SMILES string of the molecule is CN1/C(=N\N=C2/Cc3ccccc3N2Cc2ccc(C[N+]3=C(CC4=[N+](Cc5ccccc5)c5ccccc5C4)Cc4ccccc43)cc2)Cc2ccccc21. The van der Waals surface area contributed by atoms with Gasteiger partial charge in [-0.25, -0.2) is 0 Å². The average Bonchev–Trinajstić information content (AvgIpc) is 3.96. The Morgan fingerprint density at radius 2 is 0.927 bits per heavy atom. The van der Waals surface area contributed by atoms with E-state index in [4.69, 9.17) is 10.2 Å². The first-order valence-electron chi connectivity index (χ1n) is 19.5. The van der Waals surface area contributed by atoms with Gasteiger partial charge in [-0.3, -0.25) is 0 Å². The molecule has 268 valence electrons. The number of rotatable bonds is 9. The van der Waals surface area contributed by atoms with E-state index in [0.717, 1.165) is 63.4 Å². The number of fused-ring (bicyclic) bond motifs is 4. The zero-order chi connectivity index (χ0) is 36.7. The molecule has 6 nitrogen and oxygen atoms in total. The maximum absolute atomic E-state index is 4.90. The van der Waals surface area contributed by atoms with Crippen molar-refractivity contribution in [3.05, 3.63) is 191 Å². The summed E-state index contributed by atoms with van der Waals surface area (Å²) in [6.45, 7) is 2.48. The van der Waals surface area contributed by atoms with E-state index in [2.05, 4.69) is 178 Å². The predicted octanol–water partition coefficient (Wildman–Crippen LogP) is 9.43. The third-order valence-electron chi connectivity index (χ3n) is 11.7. The van der Waals surface area contributed by atoms with E-state index in [0.29, 0.717) is 0 Å². The number of likely N-dealkylation sites (N-methyl/N-ethyl adjacent to an activating group) is 1. The van der Waals surface area contributed by atoms with E-state index in [-0.39, 0.29) is 0 Å². The van der Waals surface area contributed by atoms with Gasteiger partial charge in [0.2, 0.25) is 11.4 Å². The highest BCUT2D eigenvalue weighted by Crippen LogP contribution is 2.34. The third-order valence-corrected chi connectivity index (χ3v) is 11.7. The molecule has 4 aliphatic rings. The molecular formula is C49H44N6+2. The standard InChI is InChI=1S/C49H44N6/c1-52-44-19-9-5-17-40(44)29-48(52)50-51-49-30-41-18-8-12-22-47(41)55(49)34-37-25-23-36(24-26-37)33-54-43(28-39-16-7-11-21-46(39)54)31-42-27-38-15-6-10-20-45(38)53(42)32-35-13-3-2-4-14-35/h2-26H,27-34H2,1H3/q+2/b50-48-,51-49+. The average molecular weight is 717 g/mol. The molecule has 0 spiro atoms. The summed E-state index contributed by atoms with van der Waals surface area (Å²) in [4.78, 5) is 4.51. The Morgan fingerprint density at radius 1 is 0.455 bits per heavy atom. The maximum atomic E-state index is 4.90. The van der Waals surface area contributed by atoms with Gasteiger partial charge in [-0.05, 0) is 28.8 Å². The predicted molar refractivity (Wildman–Crippen MR) is 225 cm³/mol. The molecule has 0 N–H and O–H groups in total. The topological polar surface area (TPSA) is 37.2 Å². The van der Waals surface area contributed by atoms with Gasteiger partial charge >= 0.3 is 0 Å². The fourth-order valence-corrected chi connectivity index (χ4v) is 8.87. The molecule has 4 heterocycles. The molecule has 4 aliphatic heterocycles. The van der Waals surface area contributed by atoms with Crippen LogP contribution in [0.25, 0.3) is 0 Å². The Hall–Kier alpha value is -6.40. The van der Waals surface area contributed by atoms with Gasteiger partial charge in [-0.15, -0.1) is 10.2 Å². The zero-order valence-electron chi connectivity index (χ0n) is 31.3. The Morgan fingerprint density at radius 3 is 1.56 bits per heavy atom. The minimum atomic E-state index is 0.747. The molecule has 0 aliphatic carbocycles. The van der Waals surface area contributed by atoms with Crippen molar-refractivity contribution in [1.29, 1.82) is 0 Å². The van der Waals surface area contributed by atoms with Crippen LogP contribution in [0.2, 0.25) is 0 Å². The summed E-state index contributed by atoms with van der Waals surface area (Å²) < 4.78 is 5.15. The Kier molecular flexibility index (Phi) is 8.51. The first-order valence-corrected chi connectivity index (χ1v) is 19.5. The van der Waals surface area contributed by atoms with Gasteiger partial charge in [0.05, 0.1) is 12.8 Å². The van der Waals surface area contributed by atoms with Crippen molar-refractivity contribution < 1.29 is 9.15 Å². The van der Waals surface area contributed by atoms with E-state index >= 15 is 0 Å². The molecule has 0 saturated heterocycles. The van der Waals surface area contributed by atoms with Gasteiger partial charge in [-0.2, -0.15) is 9.15 Å². The van der Waals surface area contributed by atoms with E-state index in [1.807, 2.05) is 0 Å². The lowest BCUT2D eigenvalue weighted by Crippen LogP contribution is -2.27. The maximum Gasteiger partial charge on any atom is 0.209 e. The highest BCUT2D eigenvalue weighted by atomic mass is 15.4. The summed E-state index contributed by atoms with van der Waals surface area (Å²) in [5, 5.41) is 9.73. The fraction of sp³-hybridized carbons (Fsp3) is 0.184. The Labute approximate surface area is 323 Å². The number of anilines is 2. The second kappa shape index (κ2) is 14.1. The van der Waals surface area contributed by atoms with Crippen molar-refractivity contribution in [3.63, 3.8) is 0 Å². The molecule has 6 heteroatoms. The van der Waals surface area contributed by atoms with Crippen molar-refractivity contribution >= 4 is 45.8 Å². The van der Waals surface area contributed by atoms with Crippen molar-refractivity contribution in [2.45, 2.75) is 51.7 Å². The molecule has 6 aromatic rings. The number of hydrogen-bond acceptors (Lipinski definition) is 2. The second-order valence-electron chi connectivity index (χ2n) is 15.2. The monoisotopic (exact) mass is 716 g/mol. The van der Waals surface area contributed by atoms with Crippen LogP contribution in [-0.2, 0) is 45.3 Å². The fourth-order valence-electron chi connectivity index (χ4n) is 8.87. The van der Waals surface area contributed by atoms with Crippen molar-refractivity contribution in [2.24, 2.45) is 10.2 Å². The van der Waals surface area contributed by atoms with Crippen LogP contribution in [-0.4, -0.2) is 39.3 Å². The van der Waals surface area contributed by atoms with Crippen LogP contribution in [0.5, 0.6) is 0 Å². The molecule has 0 fully saturated rings. The van der Waals surface area contributed by atoms with Crippen LogP contribution >= 0.6 is 0 Å². The van der Waals surface area contributed by atoms with Crippen molar-refractivity contribution in [2.75, 3.05) is 16.8 Å². The van der Waals surface area contributed by atoms with Crippen LogP contribution in [0.15, 0.2) is 162 Å². The highest BCUT2D eigenvalue weighted by Gasteiger charge is 2.36. The number of para-hydroxylation sites is 4. The first-order chi connectivity index (χ1) is 27.1. The first kappa shape index (κ1) is 33.2. The lowest BCUT2D eigenvalue weighted by atomic mass is 10.0. The molecule has 0 unspecified atom stereocenters. The molecule has 0 aromatic heterocycles. The van der Waals surface area contributed by atoms with Gasteiger partial charge in [0.1, 0.15) is 18.1 Å². The van der Waals surface area contributed by atoms with E-state index in [1.54, 1.807) is 0 Å². The van der Waals surface area contributed by atoms with Crippen molar-refractivity contribution in [3.8, 4) is 0 Å². The lowest BCUT2D eigenvalue weighted by Gasteiger charge is -2.20. The third kappa shape index (κ3) is 6.38. The van der Waals surface area contributed by atoms with Crippen LogP contribution in [0.4, 0.5) is 22.7 Å². The summed E-state index contributed by atoms with van der Waals surface area (Å²) in [6, 6.07) is 55.2. The lowest BCUT2D eigenvalue weighted by molar-refractivity contribution is -0.461. The molecule has 0 saturated carbocycles. The molecule has 10 rings (SSSR count). The summed E-state index contributed by atoms with van der Waals surface area (Å²) >= 11 is 0. The van der Waals surface area contributed by atoms with Gasteiger partial charge in [0.15, 0.2) is 24.5 Å². The van der Waals surface area contributed by atoms with Crippen molar-refractivity contribution in [1.82, 2.24) is 0 Å². The van der Waals surface area contributed by atoms with E-state index in [9.17, 15) is 0 Å². The molecule has 0 atom stereocenters. The van der Waals surface area contributed by atoms with Gasteiger partial charge in [0.25, 0.3) is 0 Å². The quantitative estimate of drug-likeness (QED) is 0.111. The molecule has 0 amide bonds. The smallest absolute Gasteiger partial charge is 0.209 e. The van der Waals surface area contributed by atoms with E-state index < -0.39 is 0 Å². The van der Waals surface area contributed by atoms with E-state index in [1.165, 1.54) is 73.1 Å². The largest absolute Gasteiger partial charge is 0.331 e. The minimum Gasteiger partial charge on any atom is -0.331 e. The Balaban J connectivity index is 0.915. The highest BCUT2D eigenvalue weighted by molar-refractivity contribution is 6.08. The zero-order valence-corrected chi connectivity index (χ0v) is 31.3. The molecular weight excluding hydrogens is 673 g/mol. The number of hydrogen-bond donors (Lipinski definition) is 0. The number of benzene rings is 6. The summed E-state index contributed by atoms with van der Waals surface area (Å²) in [6.07, 6.45) is 4.51. The van der Waals surface area contributed by atoms with Crippen LogP contribution in [0.1, 0.15) is 45.4 Å². The molecule has 0 bridgehead atoms. The molecule has 6 aromatic carbocycles. The van der Waals surface area contributed by atoms with Gasteiger partial charge in [0, 0.05) is 72.2 Å². The van der Waals surface area contributed by atoms with Gasteiger partial charge < -0.3 is 9.80 Å². The Bertz CT molecular complexity index is 2560. The van der Waals surface area contributed by atoms with Gasteiger partial charge in [-0.1, -0.05) is 127 Å². The molecule has 55 heavy (non-hydrogen) atoms. The summed E-state index contributed by atoms with van der Waals surface area (Å²) in [7, 11) is 2.09. The minimum absolute atomic E-state index is 0.747.